The van der Waals surface area contributed by atoms with Gasteiger partial charge in [0.25, 0.3) is 0 Å². The summed E-state index contributed by atoms with van der Waals surface area (Å²) >= 11 is 12.1. The Morgan fingerprint density at radius 1 is 1.17 bits per heavy atom. The molecular formula is C14H20Cl2O2. The second-order valence-corrected chi connectivity index (χ2v) is 6.17. The van der Waals surface area contributed by atoms with Crippen LogP contribution in [0, 0.1) is 11.3 Å². The Bertz CT molecular complexity index is 387. The minimum atomic E-state index is -0.539. The molecule has 2 nitrogen and oxygen atoms in total. The van der Waals surface area contributed by atoms with Gasteiger partial charge in [0.1, 0.15) is 0 Å². The zero-order valence-electron chi connectivity index (χ0n) is 10.8. The summed E-state index contributed by atoms with van der Waals surface area (Å²) in [7, 11) is 0. The van der Waals surface area contributed by atoms with Crippen molar-refractivity contribution in [3.8, 4) is 0 Å². The highest BCUT2D eigenvalue weighted by molar-refractivity contribution is 6.33. The fraction of sp³-hybridized carbons (Fsp3) is 0.571. The molecule has 0 amide bonds. The Hall–Kier alpha value is -0.280. The Balaban J connectivity index is 2.98. The number of benzene rings is 1. The van der Waals surface area contributed by atoms with E-state index in [-0.39, 0.29) is 13.2 Å². The summed E-state index contributed by atoms with van der Waals surface area (Å²) in [6.07, 6.45) is 1.26. The van der Waals surface area contributed by atoms with Crippen molar-refractivity contribution in [2.45, 2.75) is 26.7 Å². The van der Waals surface area contributed by atoms with E-state index in [1.807, 2.05) is 0 Å². The maximum atomic E-state index is 9.61. The van der Waals surface area contributed by atoms with Gasteiger partial charge in [-0.2, -0.15) is 0 Å². The Morgan fingerprint density at radius 2 is 1.78 bits per heavy atom. The van der Waals surface area contributed by atoms with Gasteiger partial charge in [-0.3, -0.25) is 0 Å². The lowest BCUT2D eigenvalue weighted by molar-refractivity contribution is 0.0370. The van der Waals surface area contributed by atoms with Crippen LogP contribution in [0.5, 0.6) is 0 Å². The van der Waals surface area contributed by atoms with Gasteiger partial charge in [-0.05, 0) is 42.5 Å². The van der Waals surface area contributed by atoms with Crippen LogP contribution in [0.25, 0.3) is 0 Å². The van der Waals surface area contributed by atoms with Crippen molar-refractivity contribution >= 4 is 23.2 Å². The van der Waals surface area contributed by atoms with E-state index in [2.05, 4.69) is 13.8 Å². The number of hydrogen-bond donors (Lipinski definition) is 2. The highest BCUT2D eigenvalue weighted by atomic mass is 35.5. The van der Waals surface area contributed by atoms with Crippen molar-refractivity contribution in [1.82, 2.24) is 0 Å². The molecule has 0 aliphatic rings. The van der Waals surface area contributed by atoms with Crippen molar-refractivity contribution in [3.05, 3.63) is 33.8 Å². The molecular weight excluding hydrogens is 271 g/mol. The molecule has 2 N–H and O–H groups in total. The molecule has 0 atom stereocenters. The fourth-order valence-electron chi connectivity index (χ4n) is 2.31. The van der Waals surface area contributed by atoms with E-state index < -0.39 is 5.41 Å². The van der Waals surface area contributed by atoms with Gasteiger partial charge >= 0.3 is 0 Å². The maximum Gasteiger partial charge on any atom is 0.0512 e. The van der Waals surface area contributed by atoms with Crippen LogP contribution in [0.15, 0.2) is 18.2 Å². The standard InChI is InChI=1S/C14H20Cl2O2/c1-10(2)6-14(8-17,9-18)7-11-5-12(15)3-4-13(11)16/h3-5,10,17-18H,6-9H2,1-2H3. The molecule has 1 rings (SSSR count). The van der Waals surface area contributed by atoms with Crippen LogP contribution in [0.3, 0.4) is 0 Å². The third kappa shape index (κ3) is 4.13. The average molecular weight is 291 g/mol. The molecule has 1 aromatic rings. The molecule has 0 aromatic heterocycles. The van der Waals surface area contributed by atoms with Gasteiger partial charge < -0.3 is 10.2 Å². The number of aliphatic hydroxyl groups is 2. The van der Waals surface area contributed by atoms with Crippen LogP contribution in [0.2, 0.25) is 10.0 Å². The predicted molar refractivity (Wildman–Crippen MR) is 76.2 cm³/mol. The third-order valence-electron chi connectivity index (χ3n) is 3.09. The first-order valence-corrected chi connectivity index (χ1v) is 6.84. The molecule has 0 saturated heterocycles. The smallest absolute Gasteiger partial charge is 0.0512 e. The SMILES string of the molecule is CC(C)CC(CO)(CO)Cc1cc(Cl)ccc1Cl. The number of rotatable bonds is 6. The highest BCUT2D eigenvalue weighted by Crippen LogP contribution is 2.33. The molecule has 0 heterocycles. The molecule has 1 aromatic carbocycles. The fourth-order valence-corrected chi connectivity index (χ4v) is 2.69. The molecule has 0 bridgehead atoms. The first kappa shape index (κ1) is 15.8. The van der Waals surface area contributed by atoms with E-state index >= 15 is 0 Å². The third-order valence-corrected chi connectivity index (χ3v) is 3.69. The number of halogens is 2. The number of aliphatic hydroxyl groups excluding tert-OH is 2. The topological polar surface area (TPSA) is 40.5 Å². The molecule has 0 spiro atoms. The van der Waals surface area contributed by atoms with Crippen molar-refractivity contribution in [2.75, 3.05) is 13.2 Å². The van der Waals surface area contributed by atoms with E-state index in [4.69, 9.17) is 23.2 Å². The zero-order chi connectivity index (χ0) is 13.8. The van der Waals surface area contributed by atoms with E-state index in [9.17, 15) is 10.2 Å². The molecule has 0 aliphatic heterocycles. The summed E-state index contributed by atoms with van der Waals surface area (Å²) in [6, 6.07) is 5.27. The average Bonchev–Trinajstić information content (AvgIpc) is 2.32. The highest BCUT2D eigenvalue weighted by Gasteiger charge is 2.30. The van der Waals surface area contributed by atoms with Gasteiger partial charge in [-0.25, -0.2) is 0 Å². The zero-order valence-corrected chi connectivity index (χ0v) is 12.3. The first-order valence-electron chi connectivity index (χ1n) is 6.08. The lowest BCUT2D eigenvalue weighted by Crippen LogP contribution is -2.34. The first-order chi connectivity index (χ1) is 8.42. The molecule has 102 valence electrons. The molecule has 0 fully saturated rings. The minimum absolute atomic E-state index is 0.0650. The second kappa shape index (κ2) is 6.76. The van der Waals surface area contributed by atoms with E-state index in [0.29, 0.717) is 22.4 Å². The van der Waals surface area contributed by atoms with Gasteiger partial charge in [0.15, 0.2) is 0 Å². The summed E-state index contributed by atoms with van der Waals surface area (Å²) < 4.78 is 0. The van der Waals surface area contributed by atoms with Gasteiger partial charge in [-0.15, -0.1) is 0 Å². The van der Waals surface area contributed by atoms with Gasteiger partial charge in [0.2, 0.25) is 0 Å². The van der Waals surface area contributed by atoms with Crippen LogP contribution in [0.1, 0.15) is 25.8 Å². The van der Waals surface area contributed by atoms with Crippen LogP contribution < -0.4 is 0 Å². The minimum Gasteiger partial charge on any atom is -0.396 e. The van der Waals surface area contributed by atoms with Crippen molar-refractivity contribution in [1.29, 1.82) is 0 Å². The Morgan fingerprint density at radius 3 is 2.28 bits per heavy atom. The number of hydrogen-bond acceptors (Lipinski definition) is 2. The van der Waals surface area contributed by atoms with E-state index in [1.165, 1.54) is 0 Å². The summed E-state index contributed by atoms with van der Waals surface area (Å²) in [5.41, 5.74) is 0.329. The molecule has 0 aliphatic carbocycles. The van der Waals surface area contributed by atoms with E-state index in [0.717, 1.165) is 12.0 Å². The second-order valence-electron chi connectivity index (χ2n) is 5.33. The summed E-state index contributed by atoms with van der Waals surface area (Å²) in [5.74, 6) is 0.391. The predicted octanol–water partition coefficient (Wildman–Crippen LogP) is 3.55. The molecule has 4 heteroatoms. The summed E-state index contributed by atoms with van der Waals surface area (Å²) in [4.78, 5) is 0. The van der Waals surface area contributed by atoms with Crippen LogP contribution >= 0.6 is 23.2 Å². The maximum absolute atomic E-state index is 9.61. The van der Waals surface area contributed by atoms with Crippen LogP contribution in [0.4, 0.5) is 0 Å². The molecule has 18 heavy (non-hydrogen) atoms. The Kier molecular flexibility index (Phi) is 5.93. The molecule has 0 radical (unpaired) electrons. The lowest BCUT2D eigenvalue weighted by atomic mass is 9.76. The van der Waals surface area contributed by atoms with Crippen molar-refractivity contribution in [2.24, 2.45) is 11.3 Å². The van der Waals surface area contributed by atoms with Crippen molar-refractivity contribution in [3.63, 3.8) is 0 Å². The Labute approximate surface area is 119 Å². The summed E-state index contributed by atoms with van der Waals surface area (Å²) in [6.45, 7) is 4.01. The normalized spacial score (nSPS) is 12.2. The van der Waals surface area contributed by atoms with Gasteiger partial charge in [-0.1, -0.05) is 37.0 Å². The van der Waals surface area contributed by atoms with Crippen LogP contribution in [-0.2, 0) is 6.42 Å². The monoisotopic (exact) mass is 290 g/mol. The largest absolute Gasteiger partial charge is 0.396 e. The lowest BCUT2D eigenvalue weighted by Gasteiger charge is -2.32. The molecule has 0 saturated carbocycles. The van der Waals surface area contributed by atoms with Crippen LogP contribution in [-0.4, -0.2) is 23.4 Å². The quantitative estimate of drug-likeness (QED) is 0.841. The van der Waals surface area contributed by atoms with Crippen molar-refractivity contribution < 1.29 is 10.2 Å². The summed E-state index contributed by atoms with van der Waals surface area (Å²) in [5, 5.41) is 20.5. The van der Waals surface area contributed by atoms with Gasteiger partial charge in [0.05, 0.1) is 13.2 Å². The van der Waals surface area contributed by atoms with E-state index in [1.54, 1.807) is 18.2 Å². The molecule has 0 unspecified atom stereocenters. The van der Waals surface area contributed by atoms with Gasteiger partial charge in [0, 0.05) is 15.5 Å².